The van der Waals surface area contributed by atoms with Gasteiger partial charge in [-0.2, -0.15) is 0 Å². The molecular weight excluding hydrogens is 904 g/mol. The van der Waals surface area contributed by atoms with E-state index in [4.69, 9.17) is 23.3 Å². The lowest BCUT2D eigenvalue weighted by molar-refractivity contribution is -0.161. The lowest BCUT2D eigenvalue weighted by Gasteiger charge is -2.21. The Bertz CT molecular complexity index is 1410. The fourth-order valence-corrected chi connectivity index (χ4v) is 8.47. The summed E-state index contributed by atoms with van der Waals surface area (Å²) in [6.45, 7) is 4.48. The van der Waals surface area contributed by atoms with E-state index in [9.17, 15) is 28.9 Å². The number of rotatable bonds is 52. The second-order valence-electron chi connectivity index (χ2n) is 18.7. The molecule has 0 rings (SSSR count). The minimum absolute atomic E-state index is 0.0911. The average molecular weight is 1010 g/mol. The number of phosphoric ester groups is 1. The van der Waals surface area contributed by atoms with Crippen molar-refractivity contribution in [2.45, 2.75) is 264 Å². The van der Waals surface area contributed by atoms with Crippen molar-refractivity contribution in [1.82, 2.24) is 0 Å². The number of carbonyl (C=O) groups excluding carboxylic acids is 3. The molecule has 70 heavy (non-hydrogen) atoms. The zero-order valence-corrected chi connectivity index (χ0v) is 45.6. The van der Waals surface area contributed by atoms with Gasteiger partial charge in [0.1, 0.15) is 12.7 Å². The Balaban J connectivity index is 4.80. The van der Waals surface area contributed by atoms with Crippen LogP contribution in [0.1, 0.15) is 252 Å². The third-order valence-corrected chi connectivity index (χ3v) is 12.9. The minimum Gasteiger partial charge on any atom is -0.462 e. The summed E-state index contributed by atoms with van der Waals surface area (Å²) in [6, 6.07) is 0. The van der Waals surface area contributed by atoms with Crippen LogP contribution in [0.5, 0.6) is 0 Å². The minimum atomic E-state index is -4.76. The van der Waals surface area contributed by atoms with Gasteiger partial charge in [0.25, 0.3) is 0 Å². The van der Waals surface area contributed by atoms with E-state index >= 15 is 0 Å². The first-order valence-corrected chi connectivity index (χ1v) is 29.7. The zero-order valence-electron chi connectivity index (χ0n) is 44.7. The van der Waals surface area contributed by atoms with Gasteiger partial charge in [-0.05, 0) is 57.8 Å². The van der Waals surface area contributed by atoms with Gasteiger partial charge in [0, 0.05) is 19.3 Å². The smallest absolute Gasteiger partial charge is 0.462 e. The van der Waals surface area contributed by atoms with Crippen molar-refractivity contribution in [3.63, 3.8) is 0 Å². The van der Waals surface area contributed by atoms with Crippen LogP contribution in [-0.4, -0.2) is 66.5 Å². The van der Waals surface area contributed by atoms with Gasteiger partial charge in [-0.15, -0.1) is 0 Å². The molecule has 2 N–H and O–H groups in total. The topological polar surface area (TPSA) is 155 Å². The number of hydrogen-bond acceptors (Lipinski definition) is 10. The van der Waals surface area contributed by atoms with Crippen LogP contribution in [-0.2, 0) is 42.2 Å². The number of hydrogen-bond donors (Lipinski definition) is 2. The first kappa shape index (κ1) is 67.2. The highest BCUT2D eigenvalue weighted by Crippen LogP contribution is 2.43. The molecule has 0 heterocycles. The van der Waals surface area contributed by atoms with E-state index in [1.54, 1.807) is 0 Å². The molecule has 0 amide bonds. The van der Waals surface area contributed by atoms with Crippen LogP contribution in [0.4, 0.5) is 0 Å². The molecule has 3 atom stereocenters. The van der Waals surface area contributed by atoms with Crippen molar-refractivity contribution in [1.29, 1.82) is 0 Å². The normalized spacial score (nSPS) is 13.8. The number of aliphatic hydroxyl groups is 1. The van der Waals surface area contributed by atoms with Crippen LogP contribution < -0.4 is 0 Å². The van der Waals surface area contributed by atoms with Crippen LogP contribution in [0, 0.1) is 0 Å². The van der Waals surface area contributed by atoms with Gasteiger partial charge in [-0.3, -0.25) is 23.4 Å². The van der Waals surface area contributed by atoms with E-state index in [0.717, 1.165) is 70.6 Å². The Morgan fingerprint density at radius 3 is 1.14 bits per heavy atom. The summed E-state index contributed by atoms with van der Waals surface area (Å²) in [5.41, 5.74) is 0. The molecule has 406 valence electrons. The lowest BCUT2D eigenvalue weighted by atomic mass is 10.0. The molecule has 0 aromatic rings. The number of unbranched alkanes of at least 4 members (excludes halogenated alkanes) is 25. The maximum atomic E-state index is 12.9. The Hall–Kier alpha value is -2.82. The molecule has 0 bridgehead atoms. The zero-order chi connectivity index (χ0) is 51.3. The van der Waals surface area contributed by atoms with Crippen LogP contribution in [0.3, 0.4) is 0 Å². The Morgan fingerprint density at radius 2 is 0.743 bits per heavy atom. The van der Waals surface area contributed by atoms with Crippen LogP contribution >= 0.6 is 7.82 Å². The fourth-order valence-electron chi connectivity index (χ4n) is 7.69. The molecule has 0 saturated carbocycles. The monoisotopic (exact) mass is 1010 g/mol. The predicted molar refractivity (Wildman–Crippen MR) is 288 cm³/mol. The van der Waals surface area contributed by atoms with E-state index in [1.165, 1.54) is 116 Å². The fraction of sp³-hybridized carbons (Fsp3) is 0.776. The summed E-state index contributed by atoms with van der Waals surface area (Å²) in [6.07, 6.45) is 56.2. The summed E-state index contributed by atoms with van der Waals surface area (Å²) >= 11 is 0. The van der Waals surface area contributed by atoms with Gasteiger partial charge in [-0.1, -0.05) is 236 Å². The summed E-state index contributed by atoms with van der Waals surface area (Å²) in [7, 11) is -4.76. The highest BCUT2D eigenvalue weighted by atomic mass is 31.2. The molecule has 3 unspecified atom stereocenters. The molecular formula is C58H103O11P. The first-order valence-electron chi connectivity index (χ1n) is 28.2. The molecule has 0 saturated heterocycles. The Morgan fingerprint density at radius 1 is 0.414 bits per heavy atom. The van der Waals surface area contributed by atoms with Gasteiger partial charge in [0.15, 0.2) is 6.10 Å². The van der Waals surface area contributed by atoms with Crippen LogP contribution in [0.2, 0.25) is 0 Å². The third kappa shape index (κ3) is 50.1. The van der Waals surface area contributed by atoms with Gasteiger partial charge < -0.3 is 24.2 Å². The molecule has 0 aromatic heterocycles. The van der Waals surface area contributed by atoms with E-state index in [0.29, 0.717) is 25.7 Å². The van der Waals surface area contributed by atoms with Gasteiger partial charge >= 0.3 is 25.7 Å². The van der Waals surface area contributed by atoms with Crippen LogP contribution in [0.25, 0.3) is 0 Å². The van der Waals surface area contributed by atoms with Crippen molar-refractivity contribution < 1.29 is 52.2 Å². The van der Waals surface area contributed by atoms with Gasteiger partial charge in [0.05, 0.1) is 19.8 Å². The highest BCUT2D eigenvalue weighted by Gasteiger charge is 2.28. The number of aliphatic hydroxyl groups excluding tert-OH is 1. The van der Waals surface area contributed by atoms with Gasteiger partial charge in [0.2, 0.25) is 0 Å². The Labute approximate surface area is 427 Å². The van der Waals surface area contributed by atoms with Crippen molar-refractivity contribution >= 4 is 25.7 Å². The number of allylic oxidation sites excluding steroid dienone is 10. The van der Waals surface area contributed by atoms with Crippen LogP contribution in [0.15, 0.2) is 60.8 Å². The molecule has 0 radical (unpaired) electrons. The number of carbonyl (C=O) groups is 3. The summed E-state index contributed by atoms with van der Waals surface area (Å²) in [5, 5.41) is 9.79. The molecule has 0 aliphatic heterocycles. The molecule has 0 aliphatic rings. The maximum Gasteiger partial charge on any atom is 0.472 e. The van der Waals surface area contributed by atoms with E-state index in [-0.39, 0.29) is 25.9 Å². The van der Waals surface area contributed by atoms with E-state index < -0.39 is 57.8 Å². The Kier molecular flexibility index (Phi) is 50.4. The summed E-state index contributed by atoms with van der Waals surface area (Å²) < 4.78 is 39.4. The van der Waals surface area contributed by atoms with E-state index in [2.05, 4.69) is 69.4 Å². The average Bonchev–Trinajstić information content (AvgIpc) is 3.35. The summed E-state index contributed by atoms with van der Waals surface area (Å²) in [4.78, 5) is 48.4. The molecule has 0 aromatic carbocycles. The number of phosphoric acid groups is 1. The SMILES string of the molecule is CC/C=C\C/C=C\C/C=C\C/C=C\C/C=C\CCCC(=O)OC(COC(=O)CCCCCCCCCCCCCCC)COP(=O)(O)OCC(CO)OC(=O)CCCCCCCCCCCCCCC. The third-order valence-electron chi connectivity index (χ3n) is 12.0. The van der Waals surface area contributed by atoms with E-state index in [1.807, 2.05) is 12.2 Å². The van der Waals surface area contributed by atoms with Crippen molar-refractivity contribution in [3.8, 4) is 0 Å². The lowest BCUT2D eigenvalue weighted by Crippen LogP contribution is -2.30. The summed E-state index contributed by atoms with van der Waals surface area (Å²) in [5.74, 6) is -1.52. The van der Waals surface area contributed by atoms with Crippen molar-refractivity contribution in [2.24, 2.45) is 0 Å². The molecule has 11 nitrogen and oxygen atoms in total. The highest BCUT2D eigenvalue weighted by molar-refractivity contribution is 7.47. The molecule has 0 aliphatic carbocycles. The second-order valence-corrected chi connectivity index (χ2v) is 20.2. The first-order chi connectivity index (χ1) is 34.2. The molecule has 0 fully saturated rings. The largest absolute Gasteiger partial charge is 0.472 e. The standard InChI is InChI=1S/C58H103O11P/c1-4-7-10-13-16-19-22-25-26-27-28-31-34-37-40-43-46-49-58(62)69-55(51-65-56(60)47-44-41-38-35-32-29-23-20-17-14-11-8-5-2)53-67-70(63,64)66-52-54(50-59)68-57(61)48-45-42-39-36-33-30-24-21-18-15-12-9-6-3/h7,10,16,19,25-26,28,31,37,40,54-55,59H,4-6,8-9,11-15,17-18,20-24,27,29-30,32-36,38-39,41-53H2,1-3H3,(H,63,64)/b10-7-,19-16-,26-25-,31-28-,40-37-. The predicted octanol–water partition coefficient (Wildman–Crippen LogP) is 16.4. The molecule has 0 spiro atoms. The quantitative estimate of drug-likeness (QED) is 0.0197. The molecule has 12 heteroatoms. The van der Waals surface area contributed by atoms with Crippen molar-refractivity contribution in [2.75, 3.05) is 26.4 Å². The van der Waals surface area contributed by atoms with Gasteiger partial charge in [-0.25, -0.2) is 4.57 Å². The second kappa shape index (κ2) is 52.5. The van der Waals surface area contributed by atoms with Crippen molar-refractivity contribution in [3.05, 3.63) is 60.8 Å². The maximum absolute atomic E-state index is 12.9. The number of esters is 3. The number of ether oxygens (including phenoxy) is 3.